The molecular formula is C15H14F3N3O2. The Labute approximate surface area is 129 Å². The Hall–Kier alpha value is -2.38. The molecule has 2 aromatic rings. The maximum absolute atomic E-state index is 13.1. The largest absolute Gasteiger partial charge is 0.481 e. The van der Waals surface area contributed by atoms with Crippen LogP contribution in [0.1, 0.15) is 5.56 Å². The molecule has 0 spiro atoms. The molecule has 1 N–H and O–H groups in total. The summed E-state index contributed by atoms with van der Waals surface area (Å²) in [6.07, 6.45) is -3.28. The lowest BCUT2D eigenvalue weighted by molar-refractivity contribution is -0.187. The standard InChI is InChI=1S/C15H14F3N3O2/c1-8-2-3-12-9(4-8)13(20-7-19-12)21-5-10(14(22)23)11(6-21)15(16,17)18/h2-4,7,10-11H,5-6H2,1H3,(H,22,23)/t10-,11-/m1/s1. The summed E-state index contributed by atoms with van der Waals surface area (Å²) in [5.74, 6) is -4.50. The highest BCUT2D eigenvalue weighted by molar-refractivity contribution is 5.90. The van der Waals surface area contributed by atoms with E-state index < -0.39 is 30.5 Å². The molecule has 0 unspecified atom stereocenters. The molecule has 0 bridgehead atoms. The Morgan fingerprint density at radius 2 is 2.04 bits per heavy atom. The van der Waals surface area contributed by atoms with Gasteiger partial charge >= 0.3 is 12.1 Å². The smallest absolute Gasteiger partial charge is 0.394 e. The van der Waals surface area contributed by atoms with Crippen LogP contribution in [0.2, 0.25) is 0 Å². The fourth-order valence-corrected chi connectivity index (χ4v) is 2.97. The number of carboxylic acid groups (broad SMARTS) is 1. The fourth-order valence-electron chi connectivity index (χ4n) is 2.97. The second-order valence-electron chi connectivity index (χ2n) is 5.72. The highest BCUT2D eigenvalue weighted by Gasteiger charge is 2.53. The van der Waals surface area contributed by atoms with Crippen LogP contribution in [0, 0.1) is 18.8 Å². The summed E-state index contributed by atoms with van der Waals surface area (Å²) in [6, 6.07) is 5.41. The molecule has 0 aliphatic carbocycles. The summed E-state index contributed by atoms with van der Waals surface area (Å²) in [7, 11) is 0. The number of benzene rings is 1. The highest BCUT2D eigenvalue weighted by atomic mass is 19.4. The number of hydrogen-bond acceptors (Lipinski definition) is 4. The molecule has 1 saturated heterocycles. The number of aryl methyl sites for hydroxylation is 1. The van der Waals surface area contributed by atoms with E-state index in [1.54, 1.807) is 12.1 Å². The van der Waals surface area contributed by atoms with Crippen LogP contribution in [0.5, 0.6) is 0 Å². The van der Waals surface area contributed by atoms with Gasteiger partial charge in [-0.05, 0) is 19.1 Å². The minimum atomic E-state index is -4.56. The third kappa shape index (κ3) is 2.80. The number of fused-ring (bicyclic) bond motifs is 1. The van der Waals surface area contributed by atoms with Gasteiger partial charge in [-0.25, -0.2) is 9.97 Å². The maximum Gasteiger partial charge on any atom is 0.394 e. The van der Waals surface area contributed by atoms with Crippen molar-refractivity contribution >= 4 is 22.7 Å². The van der Waals surface area contributed by atoms with Gasteiger partial charge in [0.2, 0.25) is 0 Å². The Morgan fingerprint density at radius 3 is 2.65 bits per heavy atom. The van der Waals surface area contributed by atoms with Gasteiger partial charge in [0.1, 0.15) is 12.1 Å². The molecule has 5 nitrogen and oxygen atoms in total. The molecule has 1 aromatic heterocycles. The molecule has 1 aliphatic heterocycles. The first kappa shape index (κ1) is 15.5. The topological polar surface area (TPSA) is 66.3 Å². The van der Waals surface area contributed by atoms with E-state index in [-0.39, 0.29) is 6.54 Å². The molecule has 0 saturated carbocycles. The average Bonchev–Trinajstić information content (AvgIpc) is 2.92. The normalized spacial score (nSPS) is 21.8. The summed E-state index contributed by atoms with van der Waals surface area (Å²) in [4.78, 5) is 20.8. The van der Waals surface area contributed by atoms with Crippen molar-refractivity contribution in [3.05, 3.63) is 30.1 Å². The van der Waals surface area contributed by atoms with Gasteiger partial charge in [0.25, 0.3) is 0 Å². The summed E-state index contributed by atoms with van der Waals surface area (Å²) in [5, 5.41) is 9.73. The van der Waals surface area contributed by atoms with Crippen LogP contribution >= 0.6 is 0 Å². The molecule has 23 heavy (non-hydrogen) atoms. The summed E-state index contributed by atoms with van der Waals surface area (Å²) in [6.45, 7) is 1.22. The molecule has 1 aromatic carbocycles. The van der Waals surface area contributed by atoms with Crippen molar-refractivity contribution in [1.82, 2.24) is 9.97 Å². The van der Waals surface area contributed by atoms with E-state index in [1.165, 1.54) is 11.2 Å². The first-order chi connectivity index (χ1) is 10.8. The van der Waals surface area contributed by atoms with Crippen LogP contribution in [-0.2, 0) is 4.79 Å². The van der Waals surface area contributed by atoms with Crippen LogP contribution in [0.25, 0.3) is 10.9 Å². The zero-order valence-corrected chi connectivity index (χ0v) is 12.2. The number of anilines is 1. The van der Waals surface area contributed by atoms with Gasteiger partial charge in [0.05, 0.1) is 17.4 Å². The zero-order valence-electron chi connectivity index (χ0n) is 12.2. The second kappa shape index (κ2) is 5.36. The van der Waals surface area contributed by atoms with E-state index in [4.69, 9.17) is 5.11 Å². The number of rotatable bonds is 2. The first-order valence-electron chi connectivity index (χ1n) is 7.03. The summed E-state index contributed by atoms with van der Waals surface area (Å²) < 4.78 is 39.3. The molecule has 122 valence electrons. The van der Waals surface area contributed by atoms with Gasteiger partial charge in [-0.2, -0.15) is 13.2 Å². The predicted molar refractivity (Wildman–Crippen MR) is 77.2 cm³/mol. The molecule has 8 heteroatoms. The lowest BCUT2D eigenvalue weighted by Crippen LogP contribution is -2.33. The van der Waals surface area contributed by atoms with E-state index in [1.807, 2.05) is 13.0 Å². The molecule has 2 atom stereocenters. The van der Waals surface area contributed by atoms with E-state index in [0.29, 0.717) is 16.7 Å². The first-order valence-corrected chi connectivity index (χ1v) is 7.03. The lowest BCUT2D eigenvalue weighted by Gasteiger charge is -2.20. The number of aliphatic carboxylic acids is 1. The SMILES string of the molecule is Cc1ccc2ncnc(N3C[C@@H](C(F)(F)F)[C@H](C(=O)O)C3)c2c1. The fraction of sp³-hybridized carbons (Fsp3) is 0.400. The molecular weight excluding hydrogens is 311 g/mol. The number of carboxylic acids is 1. The molecule has 3 rings (SSSR count). The minimum Gasteiger partial charge on any atom is -0.481 e. The lowest BCUT2D eigenvalue weighted by atomic mass is 9.96. The van der Waals surface area contributed by atoms with Crippen LogP contribution in [0.15, 0.2) is 24.5 Å². The Bertz CT molecular complexity index is 763. The predicted octanol–water partition coefficient (Wildman–Crippen LogP) is 2.64. The molecule has 0 radical (unpaired) electrons. The number of aromatic nitrogens is 2. The second-order valence-corrected chi connectivity index (χ2v) is 5.72. The molecule has 1 fully saturated rings. The van der Waals surface area contributed by atoms with Crippen molar-refractivity contribution < 1.29 is 23.1 Å². The number of carbonyl (C=O) groups is 1. The number of hydrogen-bond donors (Lipinski definition) is 1. The van der Waals surface area contributed by atoms with E-state index >= 15 is 0 Å². The van der Waals surface area contributed by atoms with Crippen LogP contribution < -0.4 is 4.90 Å². The van der Waals surface area contributed by atoms with Gasteiger partial charge < -0.3 is 10.0 Å². The quantitative estimate of drug-likeness (QED) is 0.919. The van der Waals surface area contributed by atoms with Crippen molar-refractivity contribution in [2.45, 2.75) is 13.1 Å². The third-order valence-electron chi connectivity index (χ3n) is 4.13. The van der Waals surface area contributed by atoms with Crippen molar-refractivity contribution in [3.8, 4) is 0 Å². The number of alkyl halides is 3. The summed E-state index contributed by atoms with van der Waals surface area (Å²) in [5.41, 5.74) is 1.54. The van der Waals surface area contributed by atoms with Crippen molar-refractivity contribution in [2.24, 2.45) is 11.8 Å². The van der Waals surface area contributed by atoms with Crippen molar-refractivity contribution in [1.29, 1.82) is 0 Å². The van der Waals surface area contributed by atoms with Crippen molar-refractivity contribution in [3.63, 3.8) is 0 Å². The monoisotopic (exact) mass is 325 g/mol. The Morgan fingerprint density at radius 1 is 1.30 bits per heavy atom. The Balaban J connectivity index is 2.03. The Kier molecular flexibility index (Phi) is 3.62. The third-order valence-corrected chi connectivity index (χ3v) is 4.13. The number of halogens is 3. The van der Waals surface area contributed by atoms with Crippen LogP contribution in [-0.4, -0.2) is 40.3 Å². The van der Waals surface area contributed by atoms with Gasteiger partial charge in [-0.3, -0.25) is 4.79 Å². The zero-order chi connectivity index (χ0) is 16.8. The molecule has 1 aliphatic rings. The maximum atomic E-state index is 13.1. The summed E-state index contributed by atoms with van der Waals surface area (Å²) >= 11 is 0. The van der Waals surface area contributed by atoms with Gasteiger partial charge in [-0.1, -0.05) is 11.6 Å². The van der Waals surface area contributed by atoms with Crippen molar-refractivity contribution in [2.75, 3.05) is 18.0 Å². The number of nitrogens with zero attached hydrogens (tertiary/aromatic N) is 3. The van der Waals surface area contributed by atoms with Crippen LogP contribution in [0.4, 0.5) is 19.0 Å². The minimum absolute atomic E-state index is 0.223. The average molecular weight is 325 g/mol. The van der Waals surface area contributed by atoms with Gasteiger partial charge in [0.15, 0.2) is 0 Å². The van der Waals surface area contributed by atoms with Gasteiger partial charge in [-0.15, -0.1) is 0 Å². The van der Waals surface area contributed by atoms with E-state index in [9.17, 15) is 18.0 Å². The molecule has 0 amide bonds. The van der Waals surface area contributed by atoms with Crippen LogP contribution in [0.3, 0.4) is 0 Å². The highest BCUT2D eigenvalue weighted by Crippen LogP contribution is 2.40. The molecule has 2 heterocycles. The van der Waals surface area contributed by atoms with E-state index in [2.05, 4.69) is 9.97 Å². The van der Waals surface area contributed by atoms with E-state index in [0.717, 1.165) is 5.56 Å². The van der Waals surface area contributed by atoms with Gasteiger partial charge in [0, 0.05) is 18.5 Å².